The van der Waals surface area contributed by atoms with Crippen molar-refractivity contribution in [2.24, 2.45) is 0 Å². The van der Waals surface area contributed by atoms with Gasteiger partial charge < -0.3 is 28.4 Å². The van der Waals surface area contributed by atoms with Crippen molar-refractivity contribution >= 4 is 11.8 Å². The third kappa shape index (κ3) is 6.49. The van der Waals surface area contributed by atoms with Crippen molar-refractivity contribution < 1.29 is 28.2 Å². The molecule has 31 heavy (non-hydrogen) atoms. The van der Waals surface area contributed by atoms with Gasteiger partial charge in [-0.25, -0.2) is 0 Å². The Morgan fingerprint density at radius 3 is 2.58 bits per heavy atom. The fourth-order valence-corrected chi connectivity index (χ4v) is 3.36. The van der Waals surface area contributed by atoms with E-state index in [0.29, 0.717) is 56.5 Å². The lowest BCUT2D eigenvalue weighted by atomic mass is 10.2. The van der Waals surface area contributed by atoms with E-state index in [4.69, 9.17) is 18.6 Å². The lowest BCUT2D eigenvalue weighted by Gasteiger charge is -2.27. The van der Waals surface area contributed by atoms with Gasteiger partial charge in [-0.05, 0) is 50.1 Å². The van der Waals surface area contributed by atoms with Gasteiger partial charge in [0.2, 0.25) is 18.6 Å². The minimum Gasteiger partial charge on any atom is -0.464 e. The Labute approximate surface area is 182 Å². The van der Waals surface area contributed by atoms with Crippen LogP contribution >= 0.6 is 0 Å². The number of rotatable bonds is 11. The zero-order chi connectivity index (χ0) is 22.2. The summed E-state index contributed by atoms with van der Waals surface area (Å²) < 4.78 is 21.8. The first-order valence-corrected chi connectivity index (χ1v) is 10.5. The third-order valence-corrected chi connectivity index (χ3v) is 5.00. The number of ether oxygens (including phenoxy) is 3. The summed E-state index contributed by atoms with van der Waals surface area (Å²) in [5.74, 6) is 2.55. The molecule has 2 aromatic rings. The molecule has 0 unspecified atom stereocenters. The zero-order valence-corrected chi connectivity index (χ0v) is 18.4. The van der Waals surface area contributed by atoms with E-state index in [9.17, 15) is 9.59 Å². The number of carbonyl (C=O) groups excluding carboxylic acids is 2. The van der Waals surface area contributed by atoms with E-state index in [1.54, 1.807) is 9.80 Å². The first-order valence-electron chi connectivity index (χ1n) is 10.5. The molecule has 8 heteroatoms. The van der Waals surface area contributed by atoms with Gasteiger partial charge in [0.1, 0.15) is 11.5 Å². The molecule has 3 rings (SSSR count). The highest BCUT2D eigenvalue weighted by Crippen LogP contribution is 2.33. The maximum atomic E-state index is 13.2. The van der Waals surface area contributed by atoms with Crippen LogP contribution in [0.1, 0.15) is 37.4 Å². The molecule has 168 valence electrons. The molecule has 0 radical (unpaired) electrons. The molecule has 2 amide bonds. The quantitative estimate of drug-likeness (QED) is 0.510. The molecule has 0 atom stereocenters. The van der Waals surface area contributed by atoms with Crippen LogP contribution in [0.15, 0.2) is 34.7 Å². The molecule has 1 aliphatic rings. The molecule has 1 aromatic carbocycles. The molecule has 1 aliphatic heterocycles. The van der Waals surface area contributed by atoms with Crippen molar-refractivity contribution in [2.75, 3.05) is 33.1 Å². The maximum absolute atomic E-state index is 13.2. The SMILES string of the molecule is CCOCCCN(CC(=O)N(Cc1ccc2c(c1)OCO2)Cc1ccc(C)o1)C(C)=O. The second-order valence-corrected chi connectivity index (χ2v) is 7.44. The van der Waals surface area contributed by atoms with Gasteiger partial charge in [0, 0.05) is 33.2 Å². The number of benzene rings is 1. The van der Waals surface area contributed by atoms with Crippen LogP contribution in [0, 0.1) is 6.92 Å². The van der Waals surface area contributed by atoms with Gasteiger partial charge in [-0.1, -0.05) is 6.07 Å². The van der Waals surface area contributed by atoms with E-state index in [1.807, 2.05) is 44.2 Å². The van der Waals surface area contributed by atoms with Gasteiger partial charge in [-0.2, -0.15) is 0 Å². The summed E-state index contributed by atoms with van der Waals surface area (Å²) in [5.41, 5.74) is 0.909. The van der Waals surface area contributed by atoms with Gasteiger partial charge >= 0.3 is 0 Å². The van der Waals surface area contributed by atoms with Crippen LogP contribution < -0.4 is 9.47 Å². The number of nitrogens with zero attached hydrogens (tertiary/aromatic N) is 2. The normalized spacial score (nSPS) is 12.1. The monoisotopic (exact) mass is 430 g/mol. The van der Waals surface area contributed by atoms with Crippen molar-refractivity contribution in [3.05, 3.63) is 47.4 Å². The largest absolute Gasteiger partial charge is 0.464 e. The average Bonchev–Trinajstić information content (AvgIpc) is 3.37. The maximum Gasteiger partial charge on any atom is 0.242 e. The summed E-state index contributed by atoms with van der Waals surface area (Å²) in [6.45, 7) is 7.80. The molecular formula is C23H30N2O6. The molecule has 0 fully saturated rings. The van der Waals surface area contributed by atoms with Crippen LogP contribution in [0.25, 0.3) is 0 Å². The van der Waals surface area contributed by atoms with Crippen molar-refractivity contribution in [2.45, 2.75) is 40.3 Å². The smallest absolute Gasteiger partial charge is 0.242 e. The van der Waals surface area contributed by atoms with Crippen LogP contribution in [0.5, 0.6) is 11.5 Å². The number of carbonyl (C=O) groups is 2. The van der Waals surface area contributed by atoms with Crippen LogP contribution in [0.3, 0.4) is 0 Å². The Morgan fingerprint density at radius 1 is 1.06 bits per heavy atom. The number of furan rings is 1. The molecule has 0 bridgehead atoms. The highest BCUT2D eigenvalue weighted by atomic mass is 16.7. The van der Waals surface area contributed by atoms with E-state index in [0.717, 1.165) is 11.3 Å². The topological polar surface area (TPSA) is 81.5 Å². The Hall–Kier alpha value is -3.00. The predicted octanol–water partition coefficient (Wildman–Crippen LogP) is 3.12. The Balaban J connectivity index is 1.71. The van der Waals surface area contributed by atoms with Gasteiger partial charge in [-0.15, -0.1) is 0 Å². The Bertz CT molecular complexity index is 894. The highest BCUT2D eigenvalue weighted by molar-refractivity contribution is 5.83. The van der Waals surface area contributed by atoms with Crippen LogP contribution in [-0.2, 0) is 27.4 Å². The average molecular weight is 431 g/mol. The van der Waals surface area contributed by atoms with Crippen molar-refractivity contribution in [3.63, 3.8) is 0 Å². The number of hydrogen-bond donors (Lipinski definition) is 0. The first-order chi connectivity index (χ1) is 15.0. The Kier molecular flexibility index (Phi) is 7.94. The molecule has 2 heterocycles. The molecule has 0 saturated carbocycles. The molecule has 1 aromatic heterocycles. The second kappa shape index (κ2) is 10.9. The summed E-state index contributed by atoms with van der Waals surface area (Å²) in [5, 5.41) is 0. The van der Waals surface area contributed by atoms with E-state index < -0.39 is 0 Å². The van der Waals surface area contributed by atoms with Gasteiger partial charge in [-0.3, -0.25) is 9.59 Å². The number of aryl methyl sites for hydroxylation is 1. The zero-order valence-electron chi connectivity index (χ0n) is 18.4. The minimum atomic E-state index is -0.154. The number of fused-ring (bicyclic) bond motifs is 1. The van der Waals surface area contributed by atoms with E-state index in [2.05, 4.69) is 0 Å². The van der Waals surface area contributed by atoms with Crippen LogP contribution in [-0.4, -0.2) is 54.7 Å². The van der Waals surface area contributed by atoms with E-state index >= 15 is 0 Å². The molecule has 8 nitrogen and oxygen atoms in total. The third-order valence-electron chi connectivity index (χ3n) is 5.00. The molecular weight excluding hydrogens is 400 g/mol. The number of amides is 2. The fourth-order valence-electron chi connectivity index (χ4n) is 3.36. The van der Waals surface area contributed by atoms with Crippen LogP contribution in [0.4, 0.5) is 0 Å². The van der Waals surface area contributed by atoms with E-state index in [-0.39, 0.29) is 25.2 Å². The van der Waals surface area contributed by atoms with Crippen molar-refractivity contribution in [3.8, 4) is 11.5 Å². The van der Waals surface area contributed by atoms with E-state index in [1.165, 1.54) is 6.92 Å². The standard InChI is InChI=1S/C23H30N2O6/c1-4-28-11-5-10-24(18(3)26)15-23(27)25(14-20-8-6-17(2)31-20)13-19-7-9-21-22(12-19)30-16-29-21/h6-9,12H,4-5,10-11,13-16H2,1-3H3. The summed E-state index contributed by atoms with van der Waals surface area (Å²) in [6.07, 6.45) is 0.681. The molecule has 0 saturated heterocycles. The summed E-state index contributed by atoms with van der Waals surface area (Å²) in [7, 11) is 0. The van der Waals surface area contributed by atoms with Crippen molar-refractivity contribution in [1.29, 1.82) is 0 Å². The molecule has 0 aliphatic carbocycles. The van der Waals surface area contributed by atoms with Crippen LogP contribution in [0.2, 0.25) is 0 Å². The lowest BCUT2D eigenvalue weighted by molar-refractivity contribution is -0.140. The molecule has 0 N–H and O–H groups in total. The van der Waals surface area contributed by atoms with Gasteiger partial charge in [0.15, 0.2) is 11.5 Å². The van der Waals surface area contributed by atoms with Gasteiger partial charge in [0.05, 0.1) is 13.1 Å². The van der Waals surface area contributed by atoms with Crippen molar-refractivity contribution in [1.82, 2.24) is 9.80 Å². The predicted molar refractivity (Wildman–Crippen MR) is 114 cm³/mol. The summed E-state index contributed by atoms with van der Waals surface area (Å²) in [6, 6.07) is 9.36. The second-order valence-electron chi connectivity index (χ2n) is 7.44. The molecule has 0 spiro atoms. The first kappa shape index (κ1) is 22.7. The minimum absolute atomic E-state index is 0.00566. The Morgan fingerprint density at radius 2 is 1.87 bits per heavy atom. The fraction of sp³-hybridized carbons (Fsp3) is 0.478. The summed E-state index contributed by atoms with van der Waals surface area (Å²) >= 11 is 0. The number of hydrogen-bond acceptors (Lipinski definition) is 6. The van der Waals surface area contributed by atoms with Gasteiger partial charge in [0.25, 0.3) is 0 Å². The summed E-state index contributed by atoms with van der Waals surface area (Å²) in [4.78, 5) is 28.5. The highest BCUT2D eigenvalue weighted by Gasteiger charge is 2.22. The lowest BCUT2D eigenvalue weighted by Crippen LogP contribution is -2.42.